The molecular formula is C22H17N3O3S. The summed E-state index contributed by atoms with van der Waals surface area (Å²) < 4.78 is 8.71. The van der Waals surface area contributed by atoms with Gasteiger partial charge in [0.05, 0.1) is 36.0 Å². The SMILES string of the molecule is CCOc1ccc(-n2c(=O)c3sccc3n(Cc3cccc(C#N)c3)c2=O)cc1. The predicted octanol–water partition coefficient (Wildman–Crippen LogP) is 3.53. The first-order valence-electron chi connectivity index (χ1n) is 9.07. The van der Waals surface area contributed by atoms with Gasteiger partial charge in [-0.1, -0.05) is 12.1 Å². The highest BCUT2D eigenvalue weighted by Gasteiger charge is 2.16. The van der Waals surface area contributed by atoms with Gasteiger partial charge in [-0.25, -0.2) is 9.36 Å². The summed E-state index contributed by atoms with van der Waals surface area (Å²) in [5.41, 5.74) is 1.65. The molecule has 2 aromatic heterocycles. The molecule has 4 aromatic rings. The molecule has 0 spiro atoms. The van der Waals surface area contributed by atoms with Crippen LogP contribution < -0.4 is 16.0 Å². The summed E-state index contributed by atoms with van der Waals surface area (Å²) in [5, 5.41) is 10.9. The molecule has 4 rings (SSSR count). The van der Waals surface area contributed by atoms with Crippen molar-refractivity contribution >= 4 is 21.6 Å². The van der Waals surface area contributed by atoms with Crippen molar-refractivity contribution in [2.75, 3.05) is 6.61 Å². The Hall–Kier alpha value is -3.63. The number of aromatic nitrogens is 2. The quantitative estimate of drug-likeness (QED) is 0.511. The van der Waals surface area contributed by atoms with Crippen LogP contribution in [0.3, 0.4) is 0 Å². The van der Waals surface area contributed by atoms with Crippen molar-refractivity contribution in [1.82, 2.24) is 9.13 Å². The van der Waals surface area contributed by atoms with Gasteiger partial charge < -0.3 is 4.74 Å². The highest BCUT2D eigenvalue weighted by molar-refractivity contribution is 7.17. The van der Waals surface area contributed by atoms with Crippen molar-refractivity contribution in [1.29, 1.82) is 5.26 Å². The number of hydrogen-bond acceptors (Lipinski definition) is 5. The maximum absolute atomic E-state index is 13.3. The number of ether oxygens (including phenoxy) is 1. The molecule has 0 saturated heterocycles. The normalized spacial score (nSPS) is 10.8. The first-order chi connectivity index (χ1) is 14.1. The van der Waals surface area contributed by atoms with Crippen LogP contribution in [0.15, 0.2) is 69.6 Å². The maximum atomic E-state index is 13.3. The van der Waals surface area contributed by atoms with E-state index in [9.17, 15) is 9.59 Å². The number of hydrogen-bond donors (Lipinski definition) is 0. The fourth-order valence-corrected chi connectivity index (χ4v) is 4.07. The predicted molar refractivity (Wildman–Crippen MR) is 113 cm³/mol. The van der Waals surface area contributed by atoms with E-state index in [2.05, 4.69) is 6.07 Å². The number of fused-ring (bicyclic) bond motifs is 1. The number of nitrogens with zero attached hydrogens (tertiary/aromatic N) is 3. The molecule has 0 aliphatic heterocycles. The summed E-state index contributed by atoms with van der Waals surface area (Å²) >= 11 is 1.31. The molecule has 0 amide bonds. The van der Waals surface area contributed by atoms with Crippen LogP contribution in [0.1, 0.15) is 18.1 Å². The standard InChI is InChI=1S/C22H17N3O3S/c1-2-28-18-8-6-17(7-9-18)25-21(26)20-19(10-11-29-20)24(22(25)27)14-16-5-3-4-15(12-16)13-23/h3-12H,2,14H2,1H3. The zero-order valence-corrected chi connectivity index (χ0v) is 16.5. The third-order valence-electron chi connectivity index (χ3n) is 4.56. The fourth-order valence-electron chi connectivity index (χ4n) is 3.25. The van der Waals surface area contributed by atoms with Crippen LogP contribution in [-0.4, -0.2) is 15.7 Å². The van der Waals surface area contributed by atoms with Crippen molar-refractivity contribution in [2.45, 2.75) is 13.5 Å². The molecule has 2 heterocycles. The monoisotopic (exact) mass is 403 g/mol. The van der Waals surface area contributed by atoms with Crippen LogP contribution >= 0.6 is 11.3 Å². The molecule has 0 fully saturated rings. The van der Waals surface area contributed by atoms with Crippen molar-refractivity contribution in [3.05, 3.63) is 91.9 Å². The highest BCUT2D eigenvalue weighted by Crippen LogP contribution is 2.19. The summed E-state index contributed by atoms with van der Waals surface area (Å²) in [6, 6.07) is 17.9. The zero-order chi connectivity index (χ0) is 20.4. The van der Waals surface area contributed by atoms with Gasteiger partial charge in [-0.3, -0.25) is 9.36 Å². The van der Waals surface area contributed by atoms with Crippen molar-refractivity contribution in [2.24, 2.45) is 0 Å². The zero-order valence-electron chi connectivity index (χ0n) is 15.7. The van der Waals surface area contributed by atoms with E-state index >= 15 is 0 Å². The minimum Gasteiger partial charge on any atom is -0.494 e. The van der Waals surface area contributed by atoms with E-state index < -0.39 is 5.69 Å². The smallest absolute Gasteiger partial charge is 0.336 e. The second-order valence-corrected chi connectivity index (χ2v) is 7.30. The van der Waals surface area contributed by atoms with Gasteiger partial charge in [0, 0.05) is 0 Å². The highest BCUT2D eigenvalue weighted by atomic mass is 32.1. The Morgan fingerprint density at radius 2 is 1.90 bits per heavy atom. The topological polar surface area (TPSA) is 77.0 Å². The van der Waals surface area contributed by atoms with E-state index in [1.807, 2.05) is 13.0 Å². The van der Waals surface area contributed by atoms with Gasteiger partial charge in [-0.15, -0.1) is 11.3 Å². The Bertz CT molecular complexity index is 1340. The van der Waals surface area contributed by atoms with Crippen LogP contribution in [0.25, 0.3) is 15.9 Å². The first-order valence-corrected chi connectivity index (χ1v) is 9.95. The molecule has 6 nitrogen and oxygen atoms in total. The molecule has 0 saturated carbocycles. The number of rotatable bonds is 5. The van der Waals surface area contributed by atoms with Gasteiger partial charge in [0.1, 0.15) is 10.4 Å². The van der Waals surface area contributed by atoms with Crippen molar-refractivity contribution in [3.8, 4) is 17.5 Å². The lowest BCUT2D eigenvalue weighted by Gasteiger charge is -2.13. The van der Waals surface area contributed by atoms with Gasteiger partial charge >= 0.3 is 5.69 Å². The summed E-state index contributed by atoms with van der Waals surface area (Å²) in [5.74, 6) is 0.676. The molecule has 0 radical (unpaired) electrons. The van der Waals surface area contributed by atoms with Crippen LogP contribution in [0.5, 0.6) is 5.75 Å². The van der Waals surface area contributed by atoms with Gasteiger partial charge in [0.25, 0.3) is 5.56 Å². The minimum atomic E-state index is -0.424. The van der Waals surface area contributed by atoms with E-state index in [0.29, 0.717) is 33.8 Å². The fraction of sp³-hybridized carbons (Fsp3) is 0.136. The van der Waals surface area contributed by atoms with Gasteiger partial charge in [0.2, 0.25) is 0 Å². The van der Waals surface area contributed by atoms with E-state index in [1.54, 1.807) is 58.5 Å². The van der Waals surface area contributed by atoms with Crippen molar-refractivity contribution in [3.63, 3.8) is 0 Å². The molecular weight excluding hydrogens is 386 g/mol. The molecule has 0 bridgehead atoms. The number of benzene rings is 2. The molecule has 0 N–H and O–H groups in total. The largest absolute Gasteiger partial charge is 0.494 e. The van der Waals surface area contributed by atoms with Gasteiger partial charge in [-0.2, -0.15) is 5.26 Å². The molecule has 0 aliphatic carbocycles. The Balaban J connectivity index is 1.89. The van der Waals surface area contributed by atoms with E-state index in [0.717, 1.165) is 5.56 Å². The van der Waals surface area contributed by atoms with E-state index in [1.165, 1.54) is 15.9 Å². The lowest BCUT2D eigenvalue weighted by atomic mass is 10.1. The summed E-state index contributed by atoms with van der Waals surface area (Å²) in [6.07, 6.45) is 0. The summed E-state index contributed by atoms with van der Waals surface area (Å²) in [7, 11) is 0. The Morgan fingerprint density at radius 3 is 2.62 bits per heavy atom. The molecule has 29 heavy (non-hydrogen) atoms. The third kappa shape index (κ3) is 3.46. The van der Waals surface area contributed by atoms with Crippen LogP contribution in [0.4, 0.5) is 0 Å². The minimum absolute atomic E-state index is 0.263. The number of thiophene rings is 1. The molecule has 0 aliphatic rings. The average Bonchev–Trinajstić information content (AvgIpc) is 3.23. The van der Waals surface area contributed by atoms with Crippen LogP contribution in [0.2, 0.25) is 0 Å². The lowest BCUT2D eigenvalue weighted by Crippen LogP contribution is -2.38. The second-order valence-electron chi connectivity index (χ2n) is 6.38. The Morgan fingerprint density at radius 1 is 1.10 bits per heavy atom. The molecule has 0 unspecified atom stereocenters. The molecule has 2 aromatic carbocycles. The van der Waals surface area contributed by atoms with E-state index in [-0.39, 0.29) is 12.1 Å². The van der Waals surface area contributed by atoms with Gasteiger partial charge in [-0.05, 0) is 60.3 Å². The van der Waals surface area contributed by atoms with E-state index in [4.69, 9.17) is 10.00 Å². The van der Waals surface area contributed by atoms with Crippen LogP contribution in [0, 0.1) is 11.3 Å². The molecule has 0 atom stereocenters. The number of nitriles is 1. The molecule has 7 heteroatoms. The average molecular weight is 403 g/mol. The first kappa shape index (κ1) is 18.7. The Labute approximate surface area is 170 Å². The Kier molecular flexibility index (Phi) is 5.02. The lowest BCUT2D eigenvalue weighted by molar-refractivity contribution is 0.340. The second kappa shape index (κ2) is 7.78. The summed E-state index contributed by atoms with van der Waals surface area (Å²) in [4.78, 5) is 26.3. The maximum Gasteiger partial charge on any atom is 0.336 e. The molecule has 144 valence electrons. The van der Waals surface area contributed by atoms with Gasteiger partial charge in [0.15, 0.2) is 0 Å². The van der Waals surface area contributed by atoms with Crippen molar-refractivity contribution < 1.29 is 4.74 Å². The van der Waals surface area contributed by atoms with Crippen LogP contribution in [-0.2, 0) is 6.54 Å². The third-order valence-corrected chi connectivity index (χ3v) is 5.45. The summed E-state index contributed by atoms with van der Waals surface area (Å²) in [6.45, 7) is 2.69.